The Bertz CT molecular complexity index is 3220. The van der Waals surface area contributed by atoms with E-state index in [9.17, 15) is 30.6 Å². The minimum absolute atomic E-state index is 0.0437. The maximum absolute atomic E-state index is 12.1. The van der Waals surface area contributed by atoms with Crippen LogP contribution in [-0.2, 0) is 36.8 Å². The molecule has 3 aliphatic carbocycles. The van der Waals surface area contributed by atoms with Crippen molar-refractivity contribution in [1.29, 1.82) is 0 Å². The number of aryl methyl sites for hydroxylation is 2. The molecule has 11 N–H and O–H groups in total. The molecule has 3 heterocycles. The first kappa shape index (κ1) is 59.7. The van der Waals surface area contributed by atoms with Gasteiger partial charge in [0, 0.05) is 85.3 Å². The number of aliphatic hydroxyl groups is 4. The molecule has 5 aliphatic rings. The predicted molar refractivity (Wildman–Crippen MR) is 329 cm³/mol. The third-order valence-corrected chi connectivity index (χ3v) is 18.3. The smallest absolute Gasteiger partial charge is 0.161 e. The summed E-state index contributed by atoms with van der Waals surface area (Å²) in [5, 5.41) is 82.3. The number of benzene rings is 5. The van der Waals surface area contributed by atoms with Crippen LogP contribution >= 0.6 is 0 Å². The second-order valence-electron chi connectivity index (χ2n) is 25.1. The van der Waals surface area contributed by atoms with Gasteiger partial charge in [-0.3, -0.25) is 5.32 Å². The van der Waals surface area contributed by atoms with Crippen molar-refractivity contribution >= 4 is 17.0 Å². The highest BCUT2D eigenvalue weighted by molar-refractivity contribution is 5.90. The molecule has 0 bridgehead atoms. The van der Waals surface area contributed by atoms with E-state index < -0.39 is 23.4 Å². The Kier molecular flexibility index (Phi) is 19.0. The summed E-state index contributed by atoms with van der Waals surface area (Å²) in [6, 6.07) is 27.4. The van der Waals surface area contributed by atoms with E-state index in [-0.39, 0.29) is 68.3 Å². The summed E-state index contributed by atoms with van der Waals surface area (Å²) in [5.74, 6) is 1.88. The molecule has 15 nitrogen and oxygen atoms in total. The fraction of sp³-hybridized carbons (Fsp3) is 0.507. The molecular formula is C69H89N5O10. The number of phenols is 2. The molecule has 450 valence electrons. The number of rotatable bonds is 27. The molecule has 2 aliphatic heterocycles. The highest BCUT2D eigenvalue weighted by atomic mass is 16.6. The van der Waals surface area contributed by atoms with Gasteiger partial charge in [0.25, 0.3) is 0 Å². The number of ether oxygens (including phenoxy) is 4. The summed E-state index contributed by atoms with van der Waals surface area (Å²) in [5.41, 5.74) is 10.8. The van der Waals surface area contributed by atoms with E-state index in [0.29, 0.717) is 94.0 Å². The van der Waals surface area contributed by atoms with Gasteiger partial charge in [0.2, 0.25) is 0 Å². The monoisotopic (exact) mass is 1150 g/mol. The number of fused-ring (bicyclic) bond motifs is 8. The van der Waals surface area contributed by atoms with Gasteiger partial charge in [-0.1, -0.05) is 75.6 Å². The second-order valence-corrected chi connectivity index (χ2v) is 25.1. The maximum Gasteiger partial charge on any atom is 0.161 e. The van der Waals surface area contributed by atoms with Crippen LogP contribution in [0.1, 0.15) is 147 Å². The fourth-order valence-corrected chi connectivity index (χ4v) is 14.6. The molecule has 6 aromatic rings. The second kappa shape index (κ2) is 26.7. The molecule has 0 radical (unpaired) electrons. The zero-order valence-electron chi connectivity index (χ0n) is 49.4. The van der Waals surface area contributed by atoms with Crippen LogP contribution in [0, 0.1) is 5.92 Å². The number of aliphatic hydroxyl groups excluding tert-OH is 3. The molecule has 84 heavy (non-hydrogen) atoms. The van der Waals surface area contributed by atoms with Gasteiger partial charge in [-0.25, -0.2) is 0 Å². The summed E-state index contributed by atoms with van der Waals surface area (Å²) in [4.78, 5) is 3.41. The van der Waals surface area contributed by atoms with E-state index >= 15 is 0 Å². The van der Waals surface area contributed by atoms with Gasteiger partial charge in [0.05, 0.1) is 25.5 Å². The van der Waals surface area contributed by atoms with Crippen molar-refractivity contribution in [2.24, 2.45) is 5.92 Å². The number of aromatic hydroxyl groups is 2. The molecule has 1 aromatic heterocycles. The van der Waals surface area contributed by atoms with Crippen LogP contribution in [0.25, 0.3) is 28.1 Å². The van der Waals surface area contributed by atoms with Crippen LogP contribution in [0.2, 0.25) is 0 Å². The number of aromatic nitrogens is 1. The number of H-pyrrole nitrogens is 1. The minimum Gasteiger partial charge on any atom is -0.507 e. The average Bonchev–Trinajstić information content (AvgIpc) is 0.814. The molecule has 0 amide bonds. The Balaban J connectivity index is 1.07. The summed E-state index contributed by atoms with van der Waals surface area (Å²) < 4.78 is 28.5. The zero-order chi connectivity index (χ0) is 58.4. The Morgan fingerprint density at radius 1 is 0.833 bits per heavy atom. The largest absolute Gasteiger partial charge is 0.507 e. The van der Waals surface area contributed by atoms with Crippen LogP contribution in [0.4, 0.5) is 0 Å². The molecule has 15 heteroatoms. The maximum atomic E-state index is 12.1. The fourth-order valence-electron chi connectivity index (χ4n) is 14.6. The summed E-state index contributed by atoms with van der Waals surface area (Å²) in [6.07, 6.45) is 14.0. The molecule has 1 saturated carbocycles. The van der Waals surface area contributed by atoms with E-state index in [1.807, 2.05) is 31.3 Å². The van der Waals surface area contributed by atoms with Crippen molar-refractivity contribution in [2.75, 3.05) is 66.0 Å². The van der Waals surface area contributed by atoms with Gasteiger partial charge in [-0.2, -0.15) is 0 Å². The Morgan fingerprint density at radius 3 is 2.48 bits per heavy atom. The lowest BCUT2D eigenvalue weighted by molar-refractivity contribution is -0.132. The Labute approximate surface area is 495 Å². The van der Waals surface area contributed by atoms with Crippen LogP contribution < -0.4 is 35.5 Å². The minimum atomic E-state index is -1.14. The van der Waals surface area contributed by atoms with Crippen molar-refractivity contribution in [3.05, 3.63) is 141 Å². The number of nitrogens with one attached hydrogen (secondary N) is 5. The lowest BCUT2D eigenvalue weighted by Crippen LogP contribution is -2.56. The standard InChI is InChI=1S/C69H89N5O10/c1-43(2)35-68(3,80)39-71-41-72-40-69(82-42-74-50-16-8-5-9-17-50)36-57-54-34-56-61(46-18-22-58-45(30-46)24-26-73-58)49(37-70-25-10-14-44-12-6-4-7-13-44)32-55-59(78)23-21-52(62(55)56)63(54)66-53(20-19-51(38-77)83-66)65(57)84-67(69)48-31-47(15-11-27-75)64(79)60(33-48)81-29-28-76/h4,6-7,12-13,18,21-24,26,30-33,43,50-51,56,61,67,70-80H,5,8-11,14-17,19-20,25,27-29,34-42H2,1-3H3. The first-order chi connectivity index (χ1) is 40.9. The summed E-state index contributed by atoms with van der Waals surface area (Å²) in [7, 11) is 0. The van der Waals surface area contributed by atoms with Gasteiger partial charge in [0.1, 0.15) is 35.6 Å². The van der Waals surface area contributed by atoms with Gasteiger partial charge in [-0.15, -0.1) is 0 Å². The molecule has 6 unspecified atom stereocenters. The van der Waals surface area contributed by atoms with Crippen molar-refractivity contribution in [3.8, 4) is 39.9 Å². The van der Waals surface area contributed by atoms with Gasteiger partial charge >= 0.3 is 0 Å². The number of hydrogen-bond acceptors (Lipinski definition) is 14. The summed E-state index contributed by atoms with van der Waals surface area (Å²) >= 11 is 0. The molecular weight excluding hydrogens is 1060 g/mol. The number of phenolic OH excluding ortho intramolecular Hbond substituents is 2. The molecule has 11 rings (SSSR count). The quantitative estimate of drug-likeness (QED) is 0.0171. The molecule has 6 atom stereocenters. The van der Waals surface area contributed by atoms with E-state index in [2.05, 4.69) is 107 Å². The topological polar surface area (TPSA) is 222 Å². The van der Waals surface area contributed by atoms with Gasteiger partial charge in [-0.05, 0) is 182 Å². The third-order valence-electron chi connectivity index (χ3n) is 18.3. The number of hydrogen-bond donors (Lipinski definition) is 11. The first-order valence-electron chi connectivity index (χ1n) is 31.1. The summed E-state index contributed by atoms with van der Waals surface area (Å²) in [6.45, 7) is 8.28. The normalized spacial score (nSPS) is 21.6. The van der Waals surface area contributed by atoms with Crippen LogP contribution in [-0.4, -0.2) is 125 Å². The number of aromatic amines is 1. The Hall–Kier alpha value is -5.98. The van der Waals surface area contributed by atoms with Crippen molar-refractivity contribution in [1.82, 2.24) is 26.3 Å². The first-order valence-corrected chi connectivity index (χ1v) is 31.1. The SMILES string of the molecule is CC(C)CC(C)(O)CNCNCC1(OCNC2CCCCC2)Cc2c3c(c4c(c2OC1c1cc(CCCO)c(O)c(OCCO)c1)CCC(CO)O4)-c1ccc(O)c2c1C(C3)C(c1ccc3[nH]ccc3c1)C(CNCCCc1ccccc1)=C2. The predicted octanol–water partition coefficient (Wildman–Crippen LogP) is 9.52. The van der Waals surface area contributed by atoms with E-state index in [1.165, 1.54) is 23.1 Å². The van der Waals surface area contributed by atoms with Crippen molar-refractivity contribution in [3.63, 3.8) is 0 Å². The van der Waals surface area contributed by atoms with E-state index in [4.69, 9.17) is 18.9 Å². The molecule has 0 saturated heterocycles. The highest BCUT2D eigenvalue weighted by Gasteiger charge is 2.52. The van der Waals surface area contributed by atoms with E-state index in [1.54, 1.807) is 0 Å². The molecule has 5 aromatic carbocycles. The van der Waals surface area contributed by atoms with Crippen LogP contribution in [0.15, 0.2) is 90.6 Å². The van der Waals surface area contributed by atoms with E-state index in [0.717, 1.165) is 101 Å². The Morgan fingerprint density at radius 2 is 1.68 bits per heavy atom. The highest BCUT2D eigenvalue weighted by Crippen LogP contribution is 2.62. The van der Waals surface area contributed by atoms with Crippen LogP contribution in [0.3, 0.4) is 0 Å². The molecule has 0 spiro atoms. The third kappa shape index (κ3) is 12.9. The lowest BCUT2D eigenvalue weighted by Gasteiger charge is -2.48. The average molecular weight is 1150 g/mol. The van der Waals surface area contributed by atoms with Crippen molar-refractivity contribution in [2.45, 2.75) is 152 Å². The molecule has 1 fully saturated rings. The van der Waals surface area contributed by atoms with Gasteiger partial charge < -0.3 is 70.5 Å². The van der Waals surface area contributed by atoms with Crippen molar-refractivity contribution < 1.29 is 49.6 Å². The zero-order valence-corrected chi connectivity index (χ0v) is 49.4. The lowest BCUT2D eigenvalue weighted by atomic mass is 9.62. The van der Waals surface area contributed by atoms with Gasteiger partial charge in [0.15, 0.2) is 17.6 Å². The van der Waals surface area contributed by atoms with Crippen LogP contribution in [0.5, 0.6) is 28.7 Å².